The van der Waals surface area contributed by atoms with Gasteiger partial charge in [-0.05, 0) is 33.1 Å². The van der Waals surface area contributed by atoms with Crippen molar-refractivity contribution in [1.82, 2.24) is 0 Å². The molecule has 0 radical (unpaired) electrons. The molecular weight excluding hydrogens is 232 g/mol. The fourth-order valence-electron chi connectivity index (χ4n) is 2.68. The van der Waals surface area contributed by atoms with Crippen molar-refractivity contribution in [3.63, 3.8) is 0 Å². The third-order valence-electron chi connectivity index (χ3n) is 3.43. The molecule has 0 aromatic heterocycles. The van der Waals surface area contributed by atoms with E-state index in [9.17, 15) is 0 Å². The van der Waals surface area contributed by atoms with Crippen molar-refractivity contribution in [2.45, 2.75) is 58.9 Å². The van der Waals surface area contributed by atoms with Crippen LogP contribution < -0.4 is 0 Å². The van der Waals surface area contributed by atoms with Crippen LogP contribution in [0.25, 0.3) is 0 Å². The summed E-state index contributed by atoms with van der Waals surface area (Å²) < 4.78 is 17.6. The van der Waals surface area contributed by atoms with E-state index in [1.807, 2.05) is 20.8 Å². The maximum atomic E-state index is 5.86. The quantitative estimate of drug-likeness (QED) is 0.593. The molecule has 0 saturated heterocycles. The first kappa shape index (κ1) is 15.2. The zero-order valence-electron chi connectivity index (χ0n) is 11.7. The fourth-order valence-corrected chi connectivity index (χ4v) is 5.45. The Bertz CT molecular complexity index is 176. The second-order valence-electron chi connectivity index (χ2n) is 4.67. The maximum Gasteiger partial charge on any atom is 0.500 e. The molecule has 0 spiro atoms. The van der Waals surface area contributed by atoms with E-state index < -0.39 is 8.80 Å². The minimum absolute atomic E-state index is 0.691. The van der Waals surface area contributed by atoms with Crippen LogP contribution >= 0.6 is 0 Å². The van der Waals surface area contributed by atoms with Crippen LogP contribution in [-0.2, 0) is 13.3 Å². The maximum absolute atomic E-state index is 5.86. The summed E-state index contributed by atoms with van der Waals surface area (Å²) in [5, 5.41) is 0. The molecule has 0 aromatic carbocycles. The first-order chi connectivity index (χ1) is 8.26. The Balaban J connectivity index is 2.46. The molecule has 0 N–H and O–H groups in total. The molecule has 1 saturated carbocycles. The SMILES string of the molecule is CCO[Si](CCC1CCCC1)(OCC)OCC. The van der Waals surface area contributed by atoms with Gasteiger partial charge in [0.05, 0.1) is 0 Å². The molecule has 1 rings (SSSR count). The monoisotopic (exact) mass is 260 g/mol. The molecule has 0 unspecified atom stereocenters. The third kappa shape index (κ3) is 5.08. The van der Waals surface area contributed by atoms with Gasteiger partial charge in [0.2, 0.25) is 0 Å². The van der Waals surface area contributed by atoms with E-state index in [4.69, 9.17) is 13.3 Å². The molecule has 3 nitrogen and oxygen atoms in total. The van der Waals surface area contributed by atoms with Crippen molar-refractivity contribution < 1.29 is 13.3 Å². The van der Waals surface area contributed by atoms with Crippen LogP contribution in [0.1, 0.15) is 52.9 Å². The smallest absolute Gasteiger partial charge is 0.374 e. The van der Waals surface area contributed by atoms with Gasteiger partial charge in [-0.25, -0.2) is 0 Å². The normalized spacial score (nSPS) is 17.8. The van der Waals surface area contributed by atoms with Gasteiger partial charge in [-0.2, -0.15) is 0 Å². The van der Waals surface area contributed by atoms with Gasteiger partial charge >= 0.3 is 8.80 Å². The molecule has 4 heteroatoms. The van der Waals surface area contributed by atoms with Crippen molar-refractivity contribution in [2.75, 3.05) is 19.8 Å². The van der Waals surface area contributed by atoms with Crippen LogP contribution in [0.4, 0.5) is 0 Å². The van der Waals surface area contributed by atoms with Gasteiger partial charge in [-0.3, -0.25) is 0 Å². The average Bonchev–Trinajstić information content (AvgIpc) is 2.80. The first-order valence-corrected chi connectivity index (χ1v) is 9.11. The molecule has 0 atom stereocenters. The van der Waals surface area contributed by atoms with E-state index in [1.165, 1.54) is 32.1 Å². The third-order valence-corrected chi connectivity index (χ3v) is 6.51. The molecule has 0 aliphatic heterocycles. The predicted octanol–water partition coefficient (Wildman–Crippen LogP) is 3.62. The molecule has 0 aromatic rings. The zero-order chi connectivity index (χ0) is 12.6. The largest absolute Gasteiger partial charge is 0.500 e. The van der Waals surface area contributed by atoms with Crippen LogP contribution in [-0.4, -0.2) is 28.6 Å². The van der Waals surface area contributed by atoms with Gasteiger partial charge in [-0.1, -0.05) is 25.7 Å². The Labute approximate surface area is 107 Å². The van der Waals surface area contributed by atoms with Crippen molar-refractivity contribution in [3.8, 4) is 0 Å². The van der Waals surface area contributed by atoms with Gasteiger partial charge in [0.15, 0.2) is 0 Å². The average molecular weight is 260 g/mol. The Morgan fingerprint density at radius 2 is 1.35 bits per heavy atom. The molecule has 0 bridgehead atoms. The highest BCUT2D eigenvalue weighted by Gasteiger charge is 2.40. The van der Waals surface area contributed by atoms with Crippen LogP contribution in [0.5, 0.6) is 0 Å². The van der Waals surface area contributed by atoms with Crippen LogP contribution in [0, 0.1) is 5.92 Å². The minimum Gasteiger partial charge on any atom is -0.374 e. The molecule has 0 amide bonds. The van der Waals surface area contributed by atoms with E-state index in [-0.39, 0.29) is 0 Å². The van der Waals surface area contributed by atoms with Crippen LogP contribution in [0.2, 0.25) is 6.04 Å². The van der Waals surface area contributed by atoms with E-state index in [2.05, 4.69) is 0 Å². The van der Waals surface area contributed by atoms with Crippen LogP contribution in [0.3, 0.4) is 0 Å². The van der Waals surface area contributed by atoms with Crippen molar-refractivity contribution in [2.24, 2.45) is 5.92 Å². The van der Waals surface area contributed by atoms with Crippen molar-refractivity contribution in [1.29, 1.82) is 0 Å². The summed E-state index contributed by atoms with van der Waals surface area (Å²) in [6.07, 6.45) is 6.78. The Hall–Kier alpha value is 0.0969. The highest BCUT2D eigenvalue weighted by molar-refractivity contribution is 6.60. The molecule has 1 fully saturated rings. The molecule has 0 heterocycles. The van der Waals surface area contributed by atoms with Gasteiger partial charge in [0, 0.05) is 25.9 Å². The fraction of sp³-hybridized carbons (Fsp3) is 1.00. The molecule has 1 aliphatic rings. The molecular formula is C13H28O3Si. The highest BCUT2D eigenvalue weighted by Crippen LogP contribution is 2.31. The zero-order valence-corrected chi connectivity index (χ0v) is 12.7. The molecule has 1 aliphatic carbocycles. The Morgan fingerprint density at radius 1 is 0.882 bits per heavy atom. The van der Waals surface area contributed by atoms with Gasteiger partial charge < -0.3 is 13.3 Å². The lowest BCUT2D eigenvalue weighted by Gasteiger charge is -2.29. The number of rotatable bonds is 9. The lowest BCUT2D eigenvalue weighted by atomic mass is 10.1. The number of hydrogen-bond acceptors (Lipinski definition) is 3. The molecule has 102 valence electrons. The second kappa shape index (κ2) is 8.24. The molecule has 17 heavy (non-hydrogen) atoms. The van der Waals surface area contributed by atoms with Gasteiger partial charge in [-0.15, -0.1) is 0 Å². The van der Waals surface area contributed by atoms with E-state index in [0.29, 0.717) is 19.8 Å². The van der Waals surface area contributed by atoms with Gasteiger partial charge in [0.25, 0.3) is 0 Å². The van der Waals surface area contributed by atoms with Crippen LogP contribution in [0.15, 0.2) is 0 Å². The summed E-state index contributed by atoms with van der Waals surface area (Å²) in [7, 11) is -2.36. The highest BCUT2D eigenvalue weighted by atomic mass is 28.4. The summed E-state index contributed by atoms with van der Waals surface area (Å²) in [4.78, 5) is 0. The topological polar surface area (TPSA) is 27.7 Å². The van der Waals surface area contributed by atoms with Crippen molar-refractivity contribution >= 4 is 8.80 Å². The van der Waals surface area contributed by atoms with E-state index >= 15 is 0 Å². The standard InChI is InChI=1S/C13H28O3Si/c1-4-14-17(15-5-2,16-6-3)12-11-13-9-7-8-10-13/h13H,4-12H2,1-3H3. The lowest BCUT2D eigenvalue weighted by molar-refractivity contribution is 0.0696. The van der Waals surface area contributed by atoms with Gasteiger partial charge in [0.1, 0.15) is 0 Å². The Morgan fingerprint density at radius 3 is 1.76 bits per heavy atom. The second-order valence-corrected chi connectivity index (χ2v) is 7.40. The summed E-state index contributed by atoms with van der Waals surface area (Å²) in [5.74, 6) is 0.878. The Kier molecular flexibility index (Phi) is 7.35. The lowest BCUT2D eigenvalue weighted by Crippen LogP contribution is -2.46. The summed E-state index contributed by atoms with van der Waals surface area (Å²) in [5.41, 5.74) is 0. The minimum atomic E-state index is -2.36. The summed E-state index contributed by atoms with van der Waals surface area (Å²) >= 11 is 0. The van der Waals surface area contributed by atoms with E-state index in [1.54, 1.807) is 0 Å². The first-order valence-electron chi connectivity index (χ1n) is 7.18. The predicted molar refractivity (Wildman–Crippen MR) is 72.0 cm³/mol. The number of hydrogen-bond donors (Lipinski definition) is 0. The summed E-state index contributed by atoms with van der Waals surface area (Å²) in [6, 6.07) is 0.993. The summed E-state index contributed by atoms with van der Waals surface area (Å²) in [6.45, 7) is 8.14. The van der Waals surface area contributed by atoms with E-state index in [0.717, 1.165) is 12.0 Å². The van der Waals surface area contributed by atoms with Crippen molar-refractivity contribution in [3.05, 3.63) is 0 Å².